The number of nitrogens with zero attached hydrogens (tertiary/aromatic N) is 2. The second kappa shape index (κ2) is 2.92. The summed E-state index contributed by atoms with van der Waals surface area (Å²) in [5.74, 6) is -0.143. The van der Waals surface area contributed by atoms with Gasteiger partial charge in [-0.2, -0.15) is 0 Å². The molecule has 0 radical (unpaired) electrons. The van der Waals surface area contributed by atoms with E-state index in [2.05, 4.69) is 11.6 Å². The Bertz CT molecular complexity index is 279. The van der Waals surface area contributed by atoms with Crippen molar-refractivity contribution in [2.24, 2.45) is 0 Å². The maximum absolute atomic E-state index is 10.1. The first kappa shape index (κ1) is 7.40. The Labute approximate surface area is 63.3 Å². The number of nitro groups is 1. The average Bonchev–Trinajstić information content (AvgIpc) is 2.05. The Morgan fingerprint density at radius 3 is 2.73 bits per heavy atom. The molecule has 0 aliphatic carbocycles. The quantitative estimate of drug-likeness (QED) is 0.475. The van der Waals surface area contributed by atoms with Crippen molar-refractivity contribution in [1.82, 2.24) is 4.98 Å². The van der Waals surface area contributed by atoms with Crippen LogP contribution in [0.4, 0.5) is 5.82 Å². The molecule has 0 aliphatic heterocycles. The predicted molar refractivity (Wildman–Crippen MR) is 41.0 cm³/mol. The Kier molecular flexibility index (Phi) is 1.96. The Hall–Kier alpha value is -1.71. The molecule has 0 aliphatic rings. The van der Waals surface area contributed by atoms with Gasteiger partial charge in [0, 0.05) is 11.6 Å². The minimum Gasteiger partial charge on any atom is -0.358 e. The van der Waals surface area contributed by atoms with Crippen LogP contribution in [0.3, 0.4) is 0 Å². The van der Waals surface area contributed by atoms with E-state index in [1.54, 1.807) is 12.1 Å². The Morgan fingerprint density at radius 2 is 2.36 bits per heavy atom. The number of hydrogen-bond acceptors (Lipinski definition) is 3. The second-order valence-electron chi connectivity index (χ2n) is 1.91. The smallest absolute Gasteiger partial charge is 0.358 e. The minimum atomic E-state index is -0.535. The standard InChI is InChI=1S/C7H6N2O2/c1-2-6-3-4-7(8-5-6)9(10)11/h2-5H,1H2. The molecule has 56 valence electrons. The first-order chi connectivity index (χ1) is 5.24. The number of rotatable bonds is 2. The molecule has 1 rings (SSSR count). The van der Waals surface area contributed by atoms with Crippen LogP contribution in [0.2, 0.25) is 0 Å². The van der Waals surface area contributed by atoms with Gasteiger partial charge in [0.25, 0.3) is 0 Å². The third kappa shape index (κ3) is 1.61. The summed E-state index contributed by atoms with van der Waals surface area (Å²) in [5.41, 5.74) is 0.774. The SMILES string of the molecule is C=Cc1ccc([N+](=O)[O-])nc1. The van der Waals surface area contributed by atoms with Gasteiger partial charge in [-0.25, -0.2) is 0 Å². The topological polar surface area (TPSA) is 56.0 Å². The molecule has 0 saturated carbocycles. The largest absolute Gasteiger partial charge is 0.363 e. The van der Waals surface area contributed by atoms with Gasteiger partial charge in [-0.15, -0.1) is 0 Å². The number of pyridine rings is 1. The second-order valence-corrected chi connectivity index (χ2v) is 1.91. The molecule has 0 atom stereocenters. The molecule has 0 spiro atoms. The van der Waals surface area contributed by atoms with Crippen molar-refractivity contribution in [3.8, 4) is 0 Å². The zero-order valence-corrected chi connectivity index (χ0v) is 5.73. The lowest BCUT2D eigenvalue weighted by molar-refractivity contribution is -0.389. The van der Waals surface area contributed by atoms with Crippen molar-refractivity contribution in [2.75, 3.05) is 0 Å². The maximum atomic E-state index is 10.1. The molecule has 0 fully saturated rings. The van der Waals surface area contributed by atoms with Gasteiger partial charge in [0.2, 0.25) is 0 Å². The van der Waals surface area contributed by atoms with E-state index in [0.29, 0.717) is 0 Å². The first-order valence-electron chi connectivity index (χ1n) is 2.97. The van der Waals surface area contributed by atoms with Gasteiger partial charge < -0.3 is 10.1 Å². The Morgan fingerprint density at radius 1 is 1.64 bits per heavy atom. The van der Waals surface area contributed by atoms with Crippen molar-refractivity contribution >= 4 is 11.9 Å². The van der Waals surface area contributed by atoms with Crippen LogP contribution in [0.1, 0.15) is 5.56 Å². The lowest BCUT2D eigenvalue weighted by atomic mass is 10.3. The summed E-state index contributed by atoms with van der Waals surface area (Å²) in [6, 6.07) is 2.94. The minimum absolute atomic E-state index is 0.143. The fourth-order valence-corrected chi connectivity index (χ4v) is 0.626. The number of aromatic nitrogens is 1. The van der Waals surface area contributed by atoms with Crippen molar-refractivity contribution in [1.29, 1.82) is 0 Å². The van der Waals surface area contributed by atoms with Gasteiger partial charge in [-0.3, -0.25) is 0 Å². The normalized spacial score (nSPS) is 9.09. The lowest BCUT2D eigenvalue weighted by Crippen LogP contribution is -1.90. The van der Waals surface area contributed by atoms with Gasteiger partial charge in [0.15, 0.2) is 0 Å². The summed E-state index contributed by atoms with van der Waals surface area (Å²) in [4.78, 5) is 13.2. The van der Waals surface area contributed by atoms with Crippen LogP contribution in [0.5, 0.6) is 0 Å². The summed E-state index contributed by atoms with van der Waals surface area (Å²) in [5, 5.41) is 10.1. The molecule has 0 saturated heterocycles. The summed E-state index contributed by atoms with van der Waals surface area (Å²) < 4.78 is 0. The Balaban J connectivity index is 3.00. The molecule has 1 aromatic heterocycles. The zero-order valence-electron chi connectivity index (χ0n) is 5.73. The molecule has 4 heteroatoms. The van der Waals surface area contributed by atoms with E-state index in [9.17, 15) is 10.1 Å². The molecule has 0 bridgehead atoms. The first-order valence-corrected chi connectivity index (χ1v) is 2.97. The molecule has 0 N–H and O–H groups in total. The van der Waals surface area contributed by atoms with E-state index >= 15 is 0 Å². The molecule has 1 heterocycles. The fraction of sp³-hybridized carbons (Fsp3) is 0. The van der Waals surface area contributed by atoms with Gasteiger partial charge in [0.1, 0.15) is 6.20 Å². The van der Waals surface area contributed by atoms with Crippen LogP contribution in [0, 0.1) is 10.1 Å². The van der Waals surface area contributed by atoms with Crippen molar-refractivity contribution in [2.45, 2.75) is 0 Å². The third-order valence-corrected chi connectivity index (χ3v) is 1.19. The highest BCUT2D eigenvalue weighted by molar-refractivity contribution is 5.46. The fourth-order valence-electron chi connectivity index (χ4n) is 0.626. The maximum Gasteiger partial charge on any atom is 0.363 e. The monoisotopic (exact) mass is 150 g/mol. The van der Waals surface area contributed by atoms with Gasteiger partial charge in [-0.05, 0) is 16.0 Å². The molecule has 11 heavy (non-hydrogen) atoms. The molecular formula is C7H6N2O2. The van der Waals surface area contributed by atoms with Gasteiger partial charge >= 0.3 is 5.82 Å². The highest BCUT2D eigenvalue weighted by atomic mass is 16.6. The van der Waals surface area contributed by atoms with E-state index in [-0.39, 0.29) is 5.82 Å². The van der Waals surface area contributed by atoms with E-state index in [4.69, 9.17) is 0 Å². The summed E-state index contributed by atoms with van der Waals surface area (Å²) in [7, 11) is 0. The molecule has 0 aromatic carbocycles. The van der Waals surface area contributed by atoms with Crippen LogP contribution in [0.25, 0.3) is 6.08 Å². The van der Waals surface area contributed by atoms with Crippen molar-refractivity contribution < 1.29 is 4.92 Å². The number of hydrogen-bond donors (Lipinski definition) is 0. The van der Waals surface area contributed by atoms with E-state index < -0.39 is 4.92 Å². The van der Waals surface area contributed by atoms with Crippen LogP contribution < -0.4 is 0 Å². The van der Waals surface area contributed by atoms with Crippen LogP contribution in [0.15, 0.2) is 24.9 Å². The summed E-state index contributed by atoms with van der Waals surface area (Å²) >= 11 is 0. The van der Waals surface area contributed by atoms with Crippen LogP contribution in [-0.2, 0) is 0 Å². The third-order valence-electron chi connectivity index (χ3n) is 1.19. The van der Waals surface area contributed by atoms with Crippen LogP contribution >= 0.6 is 0 Å². The average molecular weight is 150 g/mol. The molecule has 0 unspecified atom stereocenters. The predicted octanol–water partition coefficient (Wildman–Crippen LogP) is 1.63. The molecule has 0 amide bonds. The highest BCUT2D eigenvalue weighted by Gasteiger charge is 2.03. The van der Waals surface area contributed by atoms with Gasteiger partial charge in [-0.1, -0.05) is 12.7 Å². The van der Waals surface area contributed by atoms with Crippen molar-refractivity contribution in [3.63, 3.8) is 0 Å². The van der Waals surface area contributed by atoms with E-state index in [1.165, 1.54) is 12.3 Å². The lowest BCUT2D eigenvalue weighted by Gasteiger charge is -1.90. The molecule has 1 aromatic rings. The zero-order chi connectivity index (χ0) is 8.27. The van der Waals surface area contributed by atoms with Gasteiger partial charge in [0.05, 0.1) is 0 Å². The molecular weight excluding hydrogens is 144 g/mol. The summed E-state index contributed by atoms with van der Waals surface area (Å²) in [6.07, 6.45) is 2.99. The van der Waals surface area contributed by atoms with Crippen molar-refractivity contribution in [3.05, 3.63) is 40.6 Å². The highest BCUT2D eigenvalue weighted by Crippen LogP contribution is 2.07. The molecule has 4 nitrogen and oxygen atoms in total. The summed E-state index contributed by atoms with van der Waals surface area (Å²) in [6.45, 7) is 3.50. The van der Waals surface area contributed by atoms with Crippen LogP contribution in [-0.4, -0.2) is 9.91 Å². The van der Waals surface area contributed by atoms with E-state index in [1.807, 2.05) is 0 Å². The van der Waals surface area contributed by atoms with E-state index in [0.717, 1.165) is 5.56 Å².